The van der Waals surface area contributed by atoms with Gasteiger partial charge < -0.3 is 0 Å². The number of nitrogens with one attached hydrogen (secondary N) is 1. The Bertz CT molecular complexity index is 325. The van der Waals surface area contributed by atoms with Gasteiger partial charge in [0.2, 0.25) is 0 Å². The molecule has 0 aliphatic heterocycles. The second-order valence-electron chi connectivity index (χ2n) is 2.56. The van der Waals surface area contributed by atoms with Gasteiger partial charge in [-0.25, -0.2) is 0 Å². The Kier molecular flexibility index (Phi) is 4.10. The van der Waals surface area contributed by atoms with Gasteiger partial charge in [0.15, 0.2) is 0 Å². The molecular weight excluding hydrogens is 225 g/mol. The molecule has 0 heterocycles. The van der Waals surface area contributed by atoms with Gasteiger partial charge in [-0.2, -0.15) is 0 Å². The van der Waals surface area contributed by atoms with Crippen molar-refractivity contribution >= 4 is 40.0 Å². The Morgan fingerprint density at radius 2 is 2.15 bits per heavy atom. The predicted molar refractivity (Wildman–Crippen MR) is 61.2 cm³/mol. The highest BCUT2D eigenvalue weighted by Gasteiger charge is 2.04. The van der Waals surface area contributed by atoms with Crippen molar-refractivity contribution in [3.63, 3.8) is 0 Å². The zero-order valence-corrected chi connectivity index (χ0v) is 9.43. The summed E-state index contributed by atoms with van der Waals surface area (Å²) in [6.45, 7) is 1.75. The van der Waals surface area contributed by atoms with Gasteiger partial charge >= 0.3 is 0 Å². The van der Waals surface area contributed by atoms with Crippen LogP contribution in [0.5, 0.6) is 0 Å². The van der Waals surface area contributed by atoms with Crippen LogP contribution in [0.3, 0.4) is 0 Å². The summed E-state index contributed by atoms with van der Waals surface area (Å²) < 4.78 is 0. The largest absolute Gasteiger partial charge is 0.299 e. The van der Waals surface area contributed by atoms with E-state index in [1.807, 2.05) is 12.1 Å². The predicted octanol–water partition coefficient (Wildman–Crippen LogP) is 4.22. The first-order chi connectivity index (χ1) is 6.11. The average Bonchev–Trinajstić information content (AvgIpc) is 2.07. The minimum Gasteiger partial charge on any atom is -0.299 e. The highest BCUT2D eigenvalue weighted by molar-refractivity contribution is 8.13. The first kappa shape index (κ1) is 10.9. The smallest absolute Gasteiger partial charge is 0.0632 e. The molecule has 0 spiro atoms. The Labute approximate surface area is 91.9 Å². The van der Waals surface area contributed by atoms with Gasteiger partial charge in [-0.1, -0.05) is 35.3 Å². The van der Waals surface area contributed by atoms with Crippen molar-refractivity contribution in [3.05, 3.63) is 33.8 Å². The maximum absolute atomic E-state index is 7.25. The molecule has 4 heteroatoms. The maximum atomic E-state index is 7.25. The summed E-state index contributed by atoms with van der Waals surface area (Å²) in [6.07, 6.45) is 0. The number of hydrogen-bond donors (Lipinski definition) is 1. The van der Waals surface area contributed by atoms with E-state index in [1.54, 1.807) is 13.0 Å². The molecule has 1 N–H and O–H groups in total. The van der Waals surface area contributed by atoms with Crippen LogP contribution in [0, 0.1) is 5.41 Å². The third kappa shape index (κ3) is 3.22. The lowest BCUT2D eigenvalue weighted by Gasteiger charge is -2.03. The molecule has 0 aromatic heterocycles. The van der Waals surface area contributed by atoms with E-state index < -0.39 is 0 Å². The Balaban J connectivity index is 2.77. The van der Waals surface area contributed by atoms with Crippen LogP contribution in [0.1, 0.15) is 12.5 Å². The lowest BCUT2D eigenvalue weighted by molar-refractivity contribution is 1.42. The number of hydrogen-bond acceptors (Lipinski definition) is 2. The average molecular weight is 234 g/mol. The first-order valence-electron chi connectivity index (χ1n) is 3.72. The van der Waals surface area contributed by atoms with E-state index in [0.717, 1.165) is 5.56 Å². The van der Waals surface area contributed by atoms with Crippen molar-refractivity contribution in [3.8, 4) is 0 Å². The van der Waals surface area contributed by atoms with E-state index >= 15 is 0 Å². The van der Waals surface area contributed by atoms with Crippen molar-refractivity contribution in [1.29, 1.82) is 5.41 Å². The molecule has 1 aromatic rings. The number of thioether (sulfide) groups is 1. The Morgan fingerprint density at radius 1 is 1.46 bits per heavy atom. The molecule has 0 fully saturated rings. The van der Waals surface area contributed by atoms with Gasteiger partial charge in [0.25, 0.3) is 0 Å². The number of benzene rings is 1. The SMILES string of the molecule is CC(=N)SCc1cccc(Cl)c1Cl. The van der Waals surface area contributed by atoms with Crippen LogP contribution in [0.25, 0.3) is 0 Å². The summed E-state index contributed by atoms with van der Waals surface area (Å²) >= 11 is 13.2. The van der Waals surface area contributed by atoms with Crippen LogP contribution in [0.2, 0.25) is 10.0 Å². The fourth-order valence-electron chi connectivity index (χ4n) is 0.846. The zero-order chi connectivity index (χ0) is 9.84. The third-order valence-electron chi connectivity index (χ3n) is 1.48. The van der Waals surface area contributed by atoms with Gasteiger partial charge in [0, 0.05) is 5.75 Å². The topological polar surface area (TPSA) is 23.9 Å². The van der Waals surface area contributed by atoms with Crippen LogP contribution in [0.15, 0.2) is 18.2 Å². The van der Waals surface area contributed by atoms with E-state index in [9.17, 15) is 0 Å². The molecule has 1 nitrogen and oxygen atoms in total. The minimum atomic E-state index is 0.572. The molecule has 1 rings (SSSR count). The van der Waals surface area contributed by atoms with Gasteiger partial charge in [-0.3, -0.25) is 5.41 Å². The second-order valence-corrected chi connectivity index (χ2v) is 4.53. The van der Waals surface area contributed by atoms with E-state index in [2.05, 4.69) is 0 Å². The number of rotatable bonds is 2. The van der Waals surface area contributed by atoms with Crippen LogP contribution in [-0.2, 0) is 5.75 Å². The molecular formula is C9H9Cl2NS. The van der Waals surface area contributed by atoms with Crippen LogP contribution in [-0.4, -0.2) is 5.04 Å². The molecule has 0 saturated heterocycles. The normalized spacial score (nSPS) is 10.1. The highest BCUT2D eigenvalue weighted by Crippen LogP contribution is 2.28. The molecule has 0 aliphatic carbocycles. The Hall–Kier alpha value is -0.180. The summed E-state index contributed by atoms with van der Waals surface area (Å²) in [4.78, 5) is 0. The van der Waals surface area contributed by atoms with Crippen molar-refractivity contribution in [2.45, 2.75) is 12.7 Å². The summed E-state index contributed by atoms with van der Waals surface area (Å²) in [7, 11) is 0. The fraction of sp³-hybridized carbons (Fsp3) is 0.222. The van der Waals surface area contributed by atoms with Gasteiger partial charge in [-0.15, -0.1) is 11.8 Å². The molecule has 1 aromatic carbocycles. The Morgan fingerprint density at radius 3 is 2.77 bits per heavy atom. The van der Waals surface area contributed by atoms with Crippen molar-refractivity contribution in [1.82, 2.24) is 0 Å². The molecule has 0 radical (unpaired) electrons. The lowest BCUT2D eigenvalue weighted by atomic mass is 10.2. The molecule has 0 unspecified atom stereocenters. The van der Waals surface area contributed by atoms with Crippen LogP contribution in [0.4, 0.5) is 0 Å². The summed E-state index contributed by atoms with van der Waals surface area (Å²) in [5, 5.41) is 9.00. The van der Waals surface area contributed by atoms with Gasteiger partial charge in [-0.05, 0) is 18.6 Å². The van der Waals surface area contributed by atoms with E-state index in [1.165, 1.54) is 11.8 Å². The summed E-state index contributed by atoms with van der Waals surface area (Å²) in [5.41, 5.74) is 0.978. The van der Waals surface area contributed by atoms with Crippen LogP contribution >= 0.6 is 35.0 Å². The second kappa shape index (κ2) is 4.89. The molecule has 13 heavy (non-hydrogen) atoms. The quantitative estimate of drug-likeness (QED) is 0.601. The number of halogens is 2. The van der Waals surface area contributed by atoms with E-state index in [0.29, 0.717) is 20.8 Å². The molecule has 0 bridgehead atoms. The molecule has 0 saturated carbocycles. The summed E-state index contributed by atoms with van der Waals surface area (Å²) in [6, 6.07) is 5.54. The standard InChI is InChI=1S/C9H9Cl2NS/c1-6(12)13-5-7-3-2-4-8(10)9(7)11/h2-4,12H,5H2,1H3. The molecule has 70 valence electrons. The monoisotopic (exact) mass is 233 g/mol. The maximum Gasteiger partial charge on any atom is 0.0632 e. The van der Waals surface area contributed by atoms with Crippen molar-refractivity contribution < 1.29 is 0 Å². The van der Waals surface area contributed by atoms with Gasteiger partial charge in [0.05, 0.1) is 15.1 Å². The van der Waals surface area contributed by atoms with Crippen molar-refractivity contribution in [2.24, 2.45) is 0 Å². The van der Waals surface area contributed by atoms with E-state index in [-0.39, 0.29) is 0 Å². The van der Waals surface area contributed by atoms with Crippen LogP contribution < -0.4 is 0 Å². The van der Waals surface area contributed by atoms with Crippen molar-refractivity contribution in [2.75, 3.05) is 0 Å². The lowest BCUT2D eigenvalue weighted by Crippen LogP contribution is -1.86. The van der Waals surface area contributed by atoms with E-state index in [4.69, 9.17) is 28.6 Å². The highest BCUT2D eigenvalue weighted by atomic mass is 35.5. The fourth-order valence-corrected chi connectivity index (χ4v) is 1.92. The van der Waals surface area contributed by atoms with Gasteiger partial charge in [0.1, 0.15) is 0 Å². The molecule has 0 aliphatic rings. The summed E-state index contributed by atoms with van der Waals surface area (Å²) in [5.74, 6) is 0.703. The minimum absolute atomic E-state index is 0.572. The third-order valence-corrected chi connectivity index (χ3v) is 3.22. The molecule has 0 amide bonds. The zero-order valence-electron chi connectivity index (χ0n) is 7.10. The first-order valence-corrected chi connectivity index (χ1v) is 5.46. The molecule has 0 atom stereocenters.